The van der Waals surface area contributed by atoms with Crippen molar-refractivity contribution in [2.24, 2.45) is 0 Å². The molecule has 6 aromatic carbocycles. The second kappa shape index (κ2) is 19.8. The highest BCUT2D eigenvalue weighted by Crippen LogP contribution is 2.44. The van der Waals surface area contributed by atoms with Gasteiger partial charge in [-0.05, 0) is 110 Å². The number of nitrogens with zero attached hydrogens (tertiary/aromatic N) is 2. The first-order valence-corrected chi connectivity index (χ1v) is 26.4. The quantitative estimate of drug-likeness (QED) is 0.139. The Morgan fingerprint density at radius 3 is 1.56 bits per heavy atom. The van der Waals surface area contributed by atoms with E-state index in [9.17, 15) is 30.0 Å². The molecule has 2 aromatic heterocycles. The Morgan fingerprint density at radius 2 is 1.05 bits per heavy atom. The standard InChI is InChI=1S/C20H9Cl4F3N2O2S3.C20H13Cl3N2O2S3/c21-10-2-3-16-15(6-10)28-19(32-16)33-18-13(23)7-11(8-14(18)24)29-34(30,31)17-4-1-9(5-12(17)22)20(25,26)27;1-11-2-7-19(15(23)8-11)30(26,27)25-13-4-6-17(14(22)10-13)28-20-24-16-9-12(21)3-5-18(16)29-20/h1-8,29H;2-10,25H,1H3. The maximum atomic E-state index is 12.8. The van der Waals surface area contributed by atoms with Gasteiger partial charge in [-0.3, -0.25) is 9.44 Å². The molecule has 0 aliphatic heterocycles. The number of alkyl halides is 3. The third kappa shape index (κ3) is 11.8. The van der Waals surface area contributed by atoms with Crippen LogP contribution in [0, 0.1) is 6.92 Å². The fraction of sp³-hybridized carbons (Fsp3) is 0.0500. The number of aryl methyl sites for hydroxylation is 1. The Morgan fingerprint density at radius 1 is 0.547 bits per heavy atom. The fourth-order valence-corrected chi connectivity index (χ4v) is 14.1. The van der Waals surface area contributed by atoms with Crippen LogP contribution in [0.5, 0.6) is 0 Å². The third-order valence-corrected chi connectivity index (χ3v) is 18.3. The minimum absolute atomic E-state index is 0.00592. The number of hydrogen-bond acceptors (Lipinski definition) is 10. The van der Waals surface area contributed by atoms with Crippen molar-refractivity contribution in [3.8, 4) is 0 Å². The molecule has 332 valence electrons. The lowest BCUT2D eigenvalue weighted by molar-refractivity contribution is -0.137. The van der Waals surface area contributed by atoms with Gasteiger partial charge in [-0.2, -0.15) is 13.2 Å². The van der Waals surface area contributed by atoms with Gasteiger partial charge in [0.05, 0.1) is 67.4 Å². The predicted molar refractivity (Wildman–Crippen MR) is 260 cm³/mol. The zero-order valence-electron chi connectivity index (χ0n) is 31.6. The summed E-state index contributed by atoms with van der Waals surface area (Å²) >= 11 is 48.6. The molecule has 8 rings (SSSR count). The highest BCUT2D eigenvalue weighted by molar-refractivity contribution is 8.01. The number of benzene rings is 6. The number of fused-ring (bicyclic) bond motifs is 2. The molecule has 0 amide bonds. The number of rotatable bonds is 10. The molecule has 0 saturated heterocycles. The van der Waals surface area contributed by atoms with Crippen molar-refractivity contribution >= 4 is 179 Å². The first-order valence-electron chi connectivity index (χ1n) is 17.5. The van der Waals surface area contributed by atoms with E-state index in [1.165, 1.54) is 64.4 Å². The summed E-state index contributed by atoms with van der Waals surface area (Å²) < 4.78 is 97.5. The lowest BCUT2D eigenvalue weighted by atomic mass is 10.2. The van der Waals surface area contributed by atoms with Crippen LogP contribution in [0.3, 0.4) is 0 Å². The van der Waals surface area contributed by atoms with Crippen LogP contribution in [0.2, 0.25) is 35.2 Å². The minimum atomic E-state index is -4.66. The van der Waals surface area contributed by atoms with E-state index in [2.05, 4.69) is 19.4 Å². The van der Waals surface area contributed by atoms with E-state index in [0.29, 0.717) is 47.6 Å². The summed E-state index contributed by atoms with van der Waals surface area (Å²) in [7, 11) is -8.17. The number of anilines is 2. The van der Waals surface area contributed by atoms with Gasteiger partial charge in [-0.1, -0.05) is 111 Å². The maximum Gasteiger partial charge on any atom is 0.416 e. The normalized spacial score (nSPS) is 12.0. The van der Waals surface area contributed by atoms with Crippen LogP contribution in [0.25, 0.3) is 20.4 Å². The molecule has 0 fully saturated rings. The van der Waals surface area contributed by atoms with E-state index in [-0.39, 0.29) is 25.7 Å². The van der Waals surface area contributed by atoms with E-state index in [1.807, 2.05) is 31.2 Å². The summed E-state index contributed by atoms with van der Waals surface area (Å²) in [4.78, 5) is 9.74. The van der Waals surface area contributed by atoms with E-state index in [0.717, 1.165) is 35.8 Å². The van der Waals surface area contributed by atoms with Gasteiger partial charge in [-0.15, -0.1) is 22.7 Å². The molecule has 0 radical (unpaired) electrons. The Kier molecular flexibility index (Phi) is 15.1. The highest BCUT2D eigenvalue weighted by atomic mass is 35.5. The van der Waals surface area contributed by atoms with Crippen LogP contribution in [0.4, 0.5) is 24.5 Å². The largest absolute Gasteiger partial charge is 0.416 e. The second-order valence-electron chi connectivity index (χ2n) is 13.1. The average Bonchev–Trinajstić information content (AvgIpc) is 3.79. The number of sulfonamides is 2. The number of aromatic nitrogens is 2. The number of nitrogens with one attached hydrogen (secondary N) is 2. The minimum Gasteiger partial charge on any atom is -0.280 e. The van der Waals surface area contributed by atoms with Crippen LogP contribution in [0.15, 0.2) is 131 Å². The summed E-state index contributed by atoms with van der Waals surface area (Å²) in [5, 5.41) is 1.46. The maximum absolute atomic E-state index is 12.8. The van der Waals surface area contributed by atoms with Gasteiger partial charge in [0, 0.05) is 14.9 Å². The fourth-order valence-electron chi connectivity index (χ4n) is 5.53. The van der Waals surface area contributed by atoms with Crippen LogP contribution in [-0.2, 0) is 26.2 Å². The zero-order chi connectivity index (χ0) is 46.3. The molecule has 0 unspecified atom stereocenters. The molecule has 0 atom stereocenters. The van der Waals surface area contributed by atoms with Crippen molar-refractivity contribution < 1.29 is 30.0 Å². The Bertz CT molecular complexity index is 3320. The molecule has 8 aromatic rings. The Hall–Kier alpha value is -2.88. The van der Waals surface area contributed by atoms with E-state index >= 15 is 0 Å². The van der Waals surface area contributed by atoms with Gasteiger partial charge in [0.25, 0.3) is 20.0 Å². The Balaban J connectivity index is 0.000000193. The molecule has 0 aliphatic carbocycles. The monoisotopic (exact) mass is 1120 g/mol. The van der Waals surface area contributed by atoms with Gasteiger partial charge in [0.15, 0.2) is 8.68 Å². The van der Waals surface area contributed by atoms with Crippen molar-refractivity contribution in [2.45, 2.75) is 41.4 Å². The SMILES string of the molecule is Cc1ccc(S(=O)(=O)Nc2ccc(Sc3nc4cc(Cl)ccc4s3)c(Cl)c2)c(Cl)c1.O=S(=O)(Nc1cc(Cl)c(Sc2nc3cc(Cl)ccc3s2)c(Cl)c1)c1ccc(C(F)(F)F)cc1Cl. The first-order chi connectivity index (χ1) is 30.0. The number of hydrogen-bond donors (Lipinski definition) is 2. The van der Waals surface area contributed by atoms with Crippen molar-refractivity contribution in [2.75, 3.05) is 9.44 Å². The van der Waals surface area contributed by atoms with Gasteiger partial charge >= 0.3 is 6.18 Å². The predicted octanol–water partition coefficient (Wildman–Crippen LogP) is 16.4. The molecule has 2 N–H and O–H groups in total. The molecule has 24 heteroatoms. The van der Waals surface area contributed by atoms with Crippen LogP contribution in [-0.4, -0.2) is 26.8 Å². The van der Waals surface area contributed by atoms with E-state index < -0.39 is 41.7 Å². The topological polar surface area (TPSA) is 118 Å². The summed E-state index contributed by atoms with van der Waals surface area (Å²) in [6.45, 7) is 1.84. The average molecular weight is 1120 g/mol. The summed E-state index contributed by atoms with van der Waals surface area (Å²) in [6.07, 6.45) is -4.66. The van der Waals surface area contributed by atoms with Gasteiger partial charge in [-0.25, -0.2) is 26.8 Å². The highest BCUT2D eigenvalue weighted by Gasteiger charge is 2.32. The van der Waals surface area contributed by atoms with Crippen LogP contribution in [0.1, 0.15) is 11.1 Å². The molecule has 2 heterocycles. The summed E-state index contributed by atoms with van der Waals surface area (Å²) in [5.74, 6) is 0. The smallest absolute Gasteiger partial charge is 0.280 e. The van der Waals surface area contributed by atoms with Gasteiger partial charge < -0.3 is 0 Å². The zero-order valence-corrected chi connectivity index (χ0v) is 41.8. The van der Waals surface area contributed by atoms with E-state index in [4.69, 9.17) is 81.2 Å². The molecule has 0 saturated carbocycles. The van der Waals surface area contributed by atoms with Crippen molar-refractivity contribution in [1.82, 2.24) is 9.97 Å². The molecule has 0 spiro atoms. The number of thiazole rings is 2. The summed E-state index contributed by atoms with van der Waals surface area (Å²) in [5.41, 5.74) is 1.69. The second-order valence-corrected chi connectivity index (χ2v) is 23.9. The summed E-state index contributed by atoms with van der Waals surface area (Å²) in [6, 6.07) is 25.2. The van der Waals surface area contributed by atoms with Crippen molar-refractivity contribution in [3.05, 3.63) is 149 Å². The molecule has 64 heavy (non-hydrogen) atoms. The Labute approximate surface area is 415 Å². The molecule has 0 aliphatic rings. The van der Waals surface area contributed by atoms with Crippen molar-refractivity contribution in [3.63, 3.8) is 0 Å². The third-order valence-electron chi connectivity index (χ3n) is 8.41. The van der Waals surface area contributed by atoms with Crippen molar-refractivity contribution in [1.29, 1.82) is 0 Å². The van der Waals surface area contributed by atoms with Crippen LogP contribution >= 0.6 is 127 Å². The molecular formula is C40H22Cl7F3N4O4S6. The van der Waals surface area contributed by atoms with E-state index in [1.54, 1.807) is 42.5 Å². The molecular weight excluding hydrogens is 1100 g/mol. The molecule has 8 nitrogen and oxygen atoms in total. The van der Waals surface area contributed by atoms with Gasteiger partial charge in [0.2, 0.25) is 0 Å². The lowest BCUT2D eigenvalue weighted by Gasteiger charge is -2.13. The van der Waals surface area contributed by atoms with Crippen LogP contribution < -0.4 is 9.44 Å². The molecule has 0 bridgehead atoms. The lowest BCUT2D eigenvalue weighted by Crippen LogP contribution is -2.14. The number of halogens is 10. The van der Waals surface area contributed by atoms with Gasteiger partial charge in [0.1, 0.15) is 9.79 Å². The first kappa shape index (κ1) is 49.0.